The van der Waals surface area contributed by atoms with E-state index in [-0.39, 0.29) is 18.1 Å². The molecule has 6 nitrogen and oxygen atoms in total. The number of carbonyl (C=O) groups excluding carboxylic acids is 2. The highest BCUT2D eigenvalue weighted by Crippen LogP contribution is 2.34. The molecule has 0 aliphatic heterocycles. The number of nitrogens with zero attached hydrogens (tertiary/aromatic N) is 1. The predicted octanol–water partition coefficient (Wildman–Crippen LogP) is 6.70. The molecule has 0 aliphatic rings. The third-order valence-electron chi connectivity index (χ3n) is 5.32. The van der Waals surface area contributed by atoms with Crippen LogP contribution in [0.25, 0.3) is 6.08 Å². The Morgan fingerprint density at radius 1 is 0.971 bits per heavy atom. The summed E-state index contributed by atoms with van der Waals surface area (Å²) in [5.74, 6) is -0.543. The first-order valence-electron chi connectivity index (χ1n) is 10.7. The van der Waals surface area contributed by atoms with Crippen molar-refractivity contribution in [2.45, 2.75) is 20.8 Å². The zero-order valence-electron chi connectivity index (χ0n) is 19.4. The van der Waals surface area contributed by atoms with Crippen LogP contribution in [0.1, 0.15) is 22.3 Å². The summed E-state index contributed by atoms with van der Waals surface area (Å²) in [5.41, 5.74) is 4.61. The molecule has 0 bridgehead atoms. The van der Waals surface area contributed by atoms with Gasteiger partial charge in [0.2, 0.25) is 0 Å². The Balaban J connectivity index is 1.82. The number of hydrogen-bond acceptors (Lipinski definition) is 4. The number of carbonyl (C=O) groups is 2. The second-order valence-corrected chi connectivity index (χ2v) is 9.60. The first-order chi connectivity index (χ1) is 16.7. The topological polar surface area (TPSA) is 91.2 Å². The summed E-state index contributed by atoms with van der Waals surface area (Å²) >= 11 is 6.87. The van der Waals surface area contributed by atoms with E-state index in [9.17, 15) is 14.9 Å². The van der Waals surface area contributed by atoms with Crippen molar-refractivity contribution in [1.29, 1.82) is 5.26 Å². The lowest BCUT2D eigenvalue weighted by molar-refractivity contribution is -0.118. The van der Waals surface area contributed by atoms with Gasteiger partial charge in [-0.25, -0.2) is 0 Å². The van der Waals surface area contributed by atoms with E-state index in [2.05, 4.69) is 42.5 Å². The molecule has 2 N–H and O–H groups in total. The summed E-state index contributed by atoms with van der Waals surface area (Å²) < 4.78 is 7.10. The summed E-state index contributed by atoms with van der Waals surface area (Å²) in [5, 5.41) is 15.3. The molecular formula is C27H23Br2N3O3. The molecule has 0 aromatic heterocycles. The lowest BCUT2D eigenvalue weighted by atomic mass is 10.1. The van der Waals surface area contributed by atoms with Crippen molar-refractivity contribution in [3.05, 3.63) is 91.4 Å². The first-order valence-corrected chi connectivity index (χ1v) is 12.2. The van der Waals surface area contributed by atoms with Gasteiger partial charge in [-0.05, 0) is 83.7 Å². The summed E-state index contributed by atoms with van der Waals surface area (Å²) in [6, 6.07) is 18.4. The quantitative estimate of drug-likeness (QED) is 0.234. The van der Waals surface area contributed by atoms with E-state index in [0.29, 0.717) is 31.6 Å². The van der Waals surface area contributed by atoms with Gasteiger partial charge in [-0.2, -0.15) is 5.26 Å². The number of para-hydroxylation sites is 1. The number of hydrogen-bond donors (Lipinski definition) is 2. The Bertz CT molecular complexity index is 1360. The number of rotatable bonds is 7. The summed E-state index contributed by atoms with van der Waals surface area (Å²) in [7, 11) is 0. The smallest absolute Gasteiger partial charge is 0.266 e. The van der Waals surface area contributed by atoms with Crippen molar-refractivity contribution in [3.63, 3.8) is 0 Å². The molecule has 0 radical (unpaired) electrons. The summed E-state index contributed by atoms with van der Waals surface area (Å²) in [6.45, 7) is 5.52. The van der Waals surface area contributed by atoms with Gasteiger partial charge in [0.15, 0.2) is 6.61 Å². The van der Waals surface area contributed by atoms with Crippen LogP contribution in [-0.4, -0.2) is 18.4 Å². The Hall–Kier alpha value is -3.41. The van der Waals surface area contributed by atoms with Gasteiger partial charge in [0.25, 0.3) is 11.8 Å². The Morgan fingerprint density at radius 3 is 2.37 bits per heavy atom. The molecule has 3 aromatic rings. The zero-order chi connectivity index (χ0) is 25.5. The van der Waals surface area contributed by atoms with Crippen molar-refractivity contribution in [3.8, 4) is 11.8 Å². The van der Waals surface area contributed by atoms with Crippen LogP contribution in [-0.2, 0) is 9.59 Å². The van der Waals surface area contributed by atoms with Crippen molar-refractivity contribution in [1.82, 2.24) is 0 Å². The molecular weight excluding hydrogens is 574 g/mol. The van der Waals surface area contributed by atoms with Gasteiger partial charge >= 0.3 is 0 Å². The minimum atomic E-state index is -0.545. The molecule has 3 aromatic carbocycles. The zero-order valence-corrected chi connectivity index (χ0v) is 22.6. The van der Waals surface area contributed by atoms with E-state index >= 15 is 0 Å². The van der Waals surface area contributed by atoms with Crippen LogP contribution in [0.5, 0.6) is 5.75 Å². The van der Waals surface area contributed by atoms with Gasteiger partial charge < -0.3 is 15.4 Å². The molecule has 0 saturated carbocycles. The number of aryl methyl sites for hydroxylation is 2. The van der Waals surface area contributed by atoms with Crippen LogP contribution >= 0.6 is 31.9 Å². The van der Waals surface area contributed by atoms with Crippen molar-refractivity contribution in [2.75, 3.05) is 17.2 Å². The second-order valence-electron chi connectivity index (χ2n) is 7.83. The van der Waals surface area contributed by atoms with Gasteiger partial charge in [0.05, 0.1) is 4.47 Å². The predicted molar refractivity (Wildman–Crippen MR) is 145 cm³/mol. The largest absolute Gasteiger partial charge is 0.482 e. The number of anilines is 2. The average molecular weight is 597 g/mol. The summed E-state index contributed by atoms with van der Waals surface area (Å²) in [4.78, 5) is 25.3. The third-order valence-corrected chi connectivity index (χ3v) is 6.37. The number of benzene rings is 3. The molecule has 0 aliphatic carbocycles. The maximum atomic E-state index is 12.8. The minimum absolute atomic E-state index is 0.108. The number of nitrogens with one attached hydrogen (secondary N) is 2. The van der Waals surface area contributed by atoms with Crippen molar-refractivity contribution < 1.29 is 14.3 Å². The fourth-order valence-electron chi connectivity index (χ4n) is 3.26. The van der Waals surface area contributed by atoms with Crippen LogP contribution < -0.4 is 15.4 Å². The molecule has 0 fully saturated rings. The van der Waals surface area contributed by atoms with Crippen molar-refractivity contribution >= 4 is 61.1 Å². The van der Waals surface area contributed by atoms with E-state index in [4.69, 9.17) is 4.74 Å². The number of ether oxygens (including phenoxy) is 1. The molecule has 0 unspecified atom stereocenters. The number of amides is 2. The maximum Gasteiger partial charge on any atom is 0.266 e. The van der Waals surface area contributed by atoms with E-state index in [1.165, 1.54) is 6.08 Å². The van der Waals surface area contributed by atoms with Crippen LogP contribution in [0.3, 0.4) is 0 Å². The molecule has 178 valence electrons. The molecule has 35 heavy (non-hydrogen) atoms. The maximum absolute atomic E-state index is 12.8. The van der Waals surface area contributed by atoms with Crippen LogP contribution in [0.2, 0.25) is 0 Å². The van der Waals surface area contributed by atoms with E-state index < -0.39 is 5.91 Å². The third kappa shape index (κ3) is 6.81. The van der Waals surface area contributed by atoms with Crippen molar-refractivity contribution in [2.24, 2.45) is 0 Å². The molecule has 0 spiro atoms. The average Bonchev–Trinajstić information content (AvgIpc) is 2.81. The molecule has 2 amide bonds. The van der Waals surface area contributed by atoms with Crippen LogP contribution in [0, 0.1) is 32.1 Å². The van der Waals surface area contributed by atoms with E-state index in [1.54, 1.807) is 24.3 Å². The van der Waals surface area contributed by atoms with Gasteiger partial charge in [-0.15, -0.1) is 0 Å². The standard InChI is InChI=1S/C27H23Br2N3O3/c1-16-8-6-10-24(18(16)3)31-25(33)15-35-26-19(12-21(28)13-22(26)29)11-20(14-30)27(34)32-23-9-5-4-7-17(23)2/h4-13H,15H2,1-3H3,(H,31,33)(H,32,34)/b20-11-. The molecule has 0 saturated heterocycles. The molecule has 0 heterocycles. The Kier molecular flexibility index (Phi) is 8.85. The van der Waals surface area contributed by atoms with E-state index in [1.807, 2.05) is 57.2 Å². The summed E-state index contributed by atoms with van der Waals surface area (Å²) in [6.07, 6.45) is 1.43. The highest BCUT2D eigenvalue weighted by atomic mass is 79.9. The SMILES string of the molecule is Cc1ccccc1NC(=O)/C(C#N)=C\c1cc(Br)cc(Br)c1OCC(=O)Nc1cccc(C)c1C. The monoisotopic (exact) mass is 595 g/mol. The lowest BCUT2D eigenvalue weighted by Crippen LogP contribution is -2.21. The Morgan fingerprint density at radius 2 is 1.66 bits per heavy atom. The molecule has 8 heteroatoms. The number of halogens is 2. The van der Waals surface area contributed by atoms with Gasteiger partial charge in [0, 0.05) is 21.4 Å². The van der Waals surface area contributed by atoms with Crippen LogP contribution in [0.4, 0.5) is 11.4 Å². The van der Waals surface area contributed by atoms with E-state index in [0.717, 1.165) is 16.7 Å². The van der Waals surface area contributed by atoms with Crippen LogP contribution in [0.15, 0.2) is 69.1 Å². The highest BCUT2D eigenvalue weighted by molar-refractivity contribution is 9.11. The fourth-order valence-corrected chi connectivity index (χ4v) is 4.63. The first kappa shape index (κ1) is 26.2. The Labute approximate surface area is 221 Å². The molecule has 0 atom stereocenters. The van der Waals surface area contributed by atoms with Gasteiger partial charge in [0.1, 0.15) is 17.4 Å². The van der Waals surface area contributed by atoms with Gasteiger partial charge in [-0.1, -0.05) is 46.3 Å². The lowest BCUT2D eigenvalue weighted by Gasteiger charge is -2.14. The highest BCUT2D eigenvalue weighted by Gasteiger charge is 2.16. The molecule has 3 rings (SSSR count). The minimum Gasteiger partial charge on any atom is -0.482 e. The second kappa shape index (κ2) is 11.8. The normalized spacial score (nSPS) is 10.9. The number of nitriles is 1. The van der Waals surface area contributed by atoms with Gasteiger partial charge in [-0.3, -0.25) is 9.59 Å². The fraction of sp³-hybridized carbons (Fsp3) is 0.148.